The number of unbranched alkanes of at least 4 members (excludes halogenated alkanes) is 2. The number of halogens is 1. The van der Waals surface area contributed by atoms with Crippen molar-refractivity contribution >= 4 is 17.3 Å². The molecule has 0 aliphatic carbocycles. The molecule has 14 heavy (non-hydrogen) atoms. The van der Waals surface area contributed by atoms with Crippen molar-refractivity contribution in [2.75, 3.05) is 11.6 Å². The summed E-state index contributed by atoms with van der Waals surface area (Å²) < 4.78 is 0. The van der Waals surface area contributed by atoms with Crippen molar-refractivity contribution in [3.63, 3.8) is 0 Å². The molecule has 1 rings (SSSR count). The van der Waals surface area contributed by atoms with Crippen molar-refractivity contribution in [1.82, 2.24) is 4.98 Å². The van der Waals surface area contributed by atoms with Crippen LogP contribution in [0.3, 0.4) is 0 Å². The minimum Gasteiger partial charge on any atom is -0.396 e. The second-order valence-corrected chi connectivity index (χ2v) is 3.27. The third-order valence-electron chi connectivity index (χ3n) is 1.73. The molecule has 1 aromatic rings. The molecule has 0 saturated heterocycles. The van der Waals surface area contributed by atoms with E-state index in [-0.39, 0.29) is 0 Å². The largest absolute Gasteiger partial charge is 0.396 e. The summed E-state index contributed by atoms with van der Waals surface area (Å²) in [4.78, 5) is 4.07. The van der Waals surface area contributed by atoms with Gasteiger partial charge in [0.1, 0.15) is 5.69 Å². The number of alkyl halides is 1. The summed E-state index contributed by atoms with van der Waals surface area (Å²) in [6.07, 6.45) is 4.58. The molecule has 0 amide bonds. The molecule has 0 saturated carbocycles. The number of nitrogens with two attached hydrogens (primary N) is 1. The van der Waals surface area contributed by atoms with Crippen LogP contribution in [0, 0.1) is 11.8 Å². The molecule has 0 radical (unpaired) electrons. The Morgan fingerprint density at radius 3 is 3.00 bits per heavy atom. The number of anilines is 1. The molecule has 1 heterocycles. The fourth-order valence-electron chi connectivity index (χ4n) is 0.976. The lowest BCUT2D eigenvalue weighted by Crippen LogP contribution is -1.91. The van der Waals surface area contributed by atoms with Crippen LogP contribution in [0.2, 0.25) is 0 Å². The lowest BCUT2D eigenvalue weighted by atomic mass is 10.2. The smallest absolute Gasteiger partial charge is 0.136 e. The van der Waals surface area contributed by atoms with E-state index in [9.17, 15) is 0 Å². The third-order valence-corrected chi connectivity index (χ3v) is 2.00. The number of nitrogen functional groups attached to an aromatic ring is 1. The maximum Gasteiger partial charge on any atom is 0.136 e. The van der Waals surface area contributed by atoms with Gasteiger partial charge in [-0.2, -0.15) is 0 Å². The van der Waals surface area contributed by atoms with Gasteiger partial charge in [-0.1, -0.05) is 5.92 Å². The van der Waals surface area contributed by atoms with Crippen molar-refractivity contribution in [2.24, 2.45) is 0 Å². The van der Waals surface area contributed by atoms with Crippen LogP contribution in [-0.2, 0) is 0 Å². The molecule has 1 aromatic heterocycles. The van der Waals surface area contributed by atoms with Crippen LogP contribution in [0.25, 0.3) is 0 Å². The predicted octanol–water partition coefficient (Wildman–Crippen LogP) is 2.42. The van der Waals surface area contributed by atoms with Gasteiger partial charge in [0, 0.05) is 18.5 Å². The molecule has 0 atom stereocenters. The number of pyridine rings is 1. The Morgan fingerprint density at radius 2 is 2.29 bits per heavy atom. The molecule has 0 aliphatic heterocycles. The molecule has 0 spiro atoms. The van der Waals surface area contributed by atoms with Crippen molar-refractivity contribution in [3.05, 3.63) is 24.0 Å². The first kappa shape index (κ1) is 10.9. The van der Waals surface area contributed by atoms with E-state index >= 15 is 0 Å². The summed E-state index contributed by atoms with van der Waals surface area (Å²) in [7, 11) is 0. The van der Waals surface area contributed by atoms with Crippen LogP contribution in [-0.4, -0.2) is 10.9 Å². The first-order valence-corrected chi connectivity index (χ1v) is 5.13. The fraction of sp³-hybridized carbons (Fsp3) is 0.364. The SMILES string of the molecule is Nc1cccnc1C#CCCCCCl. The summed E-state index contributed by atoms with van der Waals surface area (Å²) in [5.41, 5.74) is 6.98. The minimum atomic E-state index is 0.636. The number of hydrogen-bond donors (Lipinski definition) is 1. The maximum atomic E-state index is 5.68. The van der Waals surface area contributed by atoms with Crippen LogP contribution < -0.4 is 5.73 Å². The van der Waals surface area contributed by atoms with Crippen LogP contribution in [0.5, 0.6) is 0 Å². The van der Waals surface area contributed by atoms with Gasteiger partial charge in [-0.15, -0.1) is 11.6 Å². The van der Waals surface area contributed by atoms with Crippen LogP contribution in [0.4, 0.5) is 5.69 Å². The van der Waals surface area contributed by atoms with Crippen LogP contribution >= 0.6 is 11.6 Å². The third kappa shape index (κ3) is 3.68. The first-order valence-electron chi connectivity index (χ1n) is 4.60. The van der Waals surface area contributed by atoms with Gasteiger partial charge in [-0.05, 0) is 30.9 Å². The zero-order chi connectivity index (χ0) is 10.2. The van der Waals surface area contributed by atoms with Gasteiger partial charge in [-0.25, -0.2) is 4.98 Å². The highest BCUT2D eigenvalue weighted by Crippen LogP contribution is 2.04. The van der Waals surface area contributed by atoms with Gasteiger partial charge in [0.2, 0.25) is 0 Å². The Kier molecular flexibility index (Phi) is 4.88. The highest BCUT2D eigenvalue weighted by Gasteiger charge is 1.92. The van der Waals surface area contributed by atoms with E-state index in [4.69, 9.17) is 17.3 Å². The number of hydrogen-bond acceptors (Lipinski definition) is 2. The molecule has 0 bridgehead atoms. The average Bonchev–Trinajstić information content (AvgIpc) is 2.20. The van der Waals surface area contributed by atoms with Crippen molar-refractivity contribution in [3.8, 4) is 11.8 Å². The summed E-state index contributed by atoms with van der Waals surface area (Å²) in [5.74, 6) is 6.67. The quantitative estimate of drug-likeness (QED) is 0.471. The zero-order valence-corrected chi connectivity index (χ0v) is 8.72. The van der Waals surface area contributed by atoms with Crippen LogP contribution in [0.15, 0.2) is 18.3 Å². The van der Waals surface area contributed by atoms with Crippen molar-refractivity contribution in [1.29, 1.82) is 0 Å². The van der Waals surface area contributed by atoms with Crippen molar-refractivity contribution < 1.29 is 0 Å². The molecule has 74 valence electrons. The number of rotatable bonds is 3. The molecule has 2 nitrogen and oxygen atoms in total. The van der Waals surface area contributed by atoms with E-state index in [1.165, 1.54) is 0 Å². The molecule has 0 fully saturated rings. The summed E-state index contributed by atoms with van der Waals surface area (Å²) >= 11 is 5.54. The summed E-state index contributed by atoms with van der Waals surface area (Å²) in [6, 6.07) is 3.60. The summed E-state index contributed by atoms with van der Waals surface area (Å²) in [6.45, 7) is 0. The summed E-state index contributed by atoms with van der Waals surface area (Å²) in [5, 5.41) is 0. The number of aromatic nitrogens is 1. The van der Waals surface area contributed by atoms with E-state index < -0.39 is 0 Å². The van der Waals surface area contributed by atoms with Gasteiger partial charge in [0.15, 0.2) is 0 Å². The highest BCUT2D eigenvalue weighted by atomic mass is 35.5. The van der Waals surface area contributed by atoms with E-state index in [1.807, 2.05) is 0 Å². The minimum absolute atomic E-state index is 0.636. The molecule has 0 aromatic carbocycles. The van der Waals surface area contributed by atoms with E-state index in [0.717, 1.165) is 19.3 Å². The Hall–Kier alpha value is -1.20. The highest BCUT2D eigenvalue weighted by molar-refractivity contribution is 6.17. The second kappa shape index (κ2) is 6.28. The lowest BCUT2D eigenvalue weighted by Gasteiger charge is -1.93. The Morgan fingerprint density at radius 1 is 1.43 bits per heavy atom. The van der Waals surface area contributed by atoms with Gasteiger partial charge >= 0.3 is 0 Å². The average molecular weight is 209 g/mol. The van der Waals surface area contributed by atoms with Gasteiger partial charge in [-0.3, -0.25) is 0 Å². The molecule has 2 N–H and O–H groups in total. The Balaban J connectivity index is 2.47. The number of nitrogens with zero attached hydrogens (tertiary/aromatic N) is 1. The van der Waals surface area contributed by atoms with Crippen LogP contribution in [0.1, 0.15) is 25.0 Å². The van der Waals surface area contributed by atoms with E-state index in [1.54, 1.807) is 18.3 Å². The molecular formula is C11H13ClN2. The molecular weight excluding hydrogens is 196 g/mol. The molecule has 0 aliphatic rings. The topological polar surface area (TPSA) is 38.9 Å². The first-order chi connectivity index (χ1) is 6.84. The standard InChI is InChI=1S/C11H13ClN2/c12-8-4-2-1-3-7-11-10(13)6-5-9-14-11/h5-6,9H,1-2,4,8,13H2. The monoisotopic (exact) mass is 208 g/mol. The van der Waals surface area contributed by atoms with Gasteiger partial charge in [0.25, 0.3) is 0 Å². The maximum absolute atomic E-state index is 5.68. The second-order valence-electron chi connectivity index (χ2n) is 2.89. The molecule has 3 heteroatoms. The van der Waals surface area contributed by atoms with E-state index in [0.29, 0.717) is 17.3 Å². The van der Waals surface area contributed by atoms with Crippen molar-refractivity contribution in [2.45, 2.75) is 19.3 Å². The van der Waals surface area contributed by atoms with Gasteiger partial charge in [0.05, 0.1) is 5.69 Å². The molecule has 0 unspecified atom stereocenters. The Bertz CT molecular complexity index is 339. The fourth-order valence-corrected chi connectivity index (χ4v) is 1.17. The predicted molar refractivity (Wildman–Crippen MR) is 60.1 cm³/mol. The van der Waals surface area contributed by atoms with Gasteiger partial charge < -0.3 is 5.73 Å². The zero-order valence-electron chi connectivity index (χ0n) is 7.96. The Labute approximate surface area is 89.5 Å². The van der Waals surface area contributed by atoms with E-state index in [2.05, 4.69) is 16.8 Å². The normalized spacial score (nSPS) is 9.21. The lowest BCUT2D eigenvalue weighted by molar-refractivity contribution is 0.833.